The number of hydrogen-bond donors (Lipinski definition) is 1. The van der Waals surface area contributed by atoms with E-state index in [4.69, 9.17) is 11.6 Å². The number of aromatic nitrogens is 2. The number of halogens is 1. The molecule has 0 aliphatic heterocycles. The topological polar surface area (TPSA) is 38.1 Å². The molecule has 1 unspecified atom stereocenters. The van der Waals surface area contributed by atoms with Crippen molar-refractivity contribution in [1.82, 2.24) is 9.78 Å². The molecule has 0 aliphatic rings. The zero-order valence-corrected chi connectivity index (χ0v) is 13.4. The minimum atomic E-state index is -0.568. The van der Waals surface area contributed by atoms with Crippen LogP contribution < -0.4 is 0 Å². The zero-order chi connectivity index (χ0) is 15.0. The number of aryl methyl sites for hydroxylation is 5. The summed E-state index contributed by atoms with van der Waals surface area (Å²) in [4.78, 5) is 0. The van der Waals surface area contributed by atoms with E-state index >= 15 is 0 Å². The molecule has 1 aromatic carbocycles. The van der Waals surface area contributed by atoms with E-state index in [0.717, 1.165) is 22.5 Å². The van der Waals surface area contributed by atoms with E-state index in [1.165, 1.54) is 11.1 Å². The van der Waals surface area contributed by atoms with Crippen LogP contribution in [-0.4, -0.2) is 14.9 Å². The predicted molar refractivity (Wildman–Crippen MR) is 82.3 cm³/mol. The molecule has 1 N–H and O–H groups in total. The number of hydrogen-bond acceptors (Lipinski definition) is 2. The minimum absolute atomic E-state index is 0.472. The summed E-state index contributed by atoms with van der Waals surface area (Å²) in [6, 6.07) is 4.18. The van der Waals surface area contributed by atoms with Crippen LogP contribution in [0.4, 0.5) is 0 Å². The molecule has 0 radical (unpaired) electrons. The average Bonchev–Trinajstić information content (AvgIpc) is 2.60. The van der Waals surface area contributed by atoms with E-state index < -0.39 is 6.10 Å². The van der Waals surface area contributed by atoms with Gasteiger partial charge in [0.25, 0.3) is 0 Å². The van der Waals surface area contributed by atoms with E-state index in [2.05, 4.69) is 31.1 Å². The first kappa shape index (κ1) is 15.1. The Labute approximate surface area is 125 Å². The lowest BCUT2D eigenvalue weighted by Crippen LogP contribution is -2.09. The molecule has 0 saturated heterocycles. The maximum absolute atomic E-state index is 10.5. The maximum atomic E-state index is 10.5. The highest BCUT2D eigenvalue weighted by Crippen LogP contribution is 2.28. The van der Waals surface area contributed by atoms with E-state index in [0.29, 0.717) is 11.4 Å². The molecule has 1 aromatic heterocycles. The molecule has 3 nitrogen and oxygen atoms in total. The summed E-state index contributed by atoms with van der Waals surface area (Å²) in [5.41, 5.74) is 6.17. The van der Waals surface area contributed by atoms with Crippen molar-refractivity contribution in [2.45, 2.75) is 40.2 Å². The molecule has 2 rings (SSSR count). The normalized spacial score (nSPS) is 12.8. The molecule has 0 spiro atoms. The molecule has 0 saturated carbocycles. The highest BCUT2D eigenvalue weighted by molar-refractivity contribution is 6.31. The maximum Gasteiger partial charge on any atom is 0.0848 e. The Hall–Kier alpha value is -1.32. The quantitative estimate of drug-likeness (QED) is 0.939. The summed E-state index contributed by atoms with van der Waals surface area (Å²) in [6.45, 7) is 8.05. The summed E-state index contributed by atoms with van der Waals surface area (Å²) in [5, 5.41) is 15.5. The fourth-order valence-corrected chi connectivity index (χ4v) is 2.77. The van der Waals surface area contributed by atoms with Gasteiger partial charge in [0, 0.05) is 13.5 Å². The lowest BCUT2D eigenvalue weighted by Gasteiger charge is -2.16. The highest BCUT2D eigenvalue weighted by atomic mass is 35.5. The Morgan fingerprint density at radius 2 is 1.75 bits per heavy atom. The second kappa shape index (κ2) is 5.58. The van der Waals surface area contributed by atoms with Crippen molar-refractivity contribution < 1.29 is 5.11 Å². The van der Waals surface area contributed by atoms with Crippen LogP contribution in [-0.2, 0) is 13.5 Å². The van der Waals surface area contributed by atoms with Gasteiger partial charge in [0.05, 0.1) is 22.5 Å². The van der Waals surface area contributed by atoms with Crippen LogP contribution in [0, 0.1) is 27.7 Å². The predicted octanol–water partition coefficient (Wildman–Crippen LogP) is 3.58. The van der Waals surface area contributed by atoms with E-state index in [1.807, 2.05) is 20.9 Å². The van der Waals surface area contributed by atoms with Gasteiger partial charge >= 0.3 is 0 Å². The van der Waals surface area contributed by atoms with Gasteiger partial charge in [-0.15, -0.1) is 0 Å². The van der Waals surface area contributed by atoms with Gasteiger partial charge in [-0.1, -0.05) is 23.7 Å². The molecule has 4 heteroatoms. The van der Waals surface area contributed by atoms with E-state index in [1.54, 1.807) is 4.68 Å². The Bertz CT molecular complexity index is 646. The van der Waals surface area contributed by atoms with E-state index in [9.17, 15) is 5.11 Å². The first-order valence-electron chi connectivity index (χ1n) is 6.75. The van der Waals surface area contributed by atoms with E-state index in [-0.39, 0.29) is 0 Å². The highest BCUT2D eigenvalue weighted by Gasteiger charge is 2.18. The number of rotatable bonds is 3. The Morgan fingerprint density at radius 1 is 1.15 bits per heavy atom. The van der Waals surface area contributed by atoms with Gasteiger partial charge in [-0.3, -0.25) is 4.68 Å². The van der Waals surface area contributed by atoms with Gasteiger partial charge in [0.2, 0.25) is 0 Å². The fraction of sp³-hybridized carbons (Fsp3) is 0.438. The molecular formula is C16H21ClN2O. The van der Waals surface area contributed by atoms with Crippen molar-refractivity contribution in [2.75, 3.05) is 0 Å². The monoisotopic (exact) mass is 292 g/mol. The molecule has 0 fully saturated rings. The van der Waals surface area contributed by atoms with Crippen LogP contribution in [0.5, 0.6) is 0 Å². The van der Waals surface area contributed by atoms with Crippen LogP contribution in [0.3, 0.4) is 0 Å². The Balaban J connectivity index is 2.33. The first-order chi connectivity index (χ1) is 9.31. The summed E-state index contributed by atoms with van der Waals surface area (Å²) in [6.07, 6.45) is -0.0962. The van der Waals surface area contributed by atoms with Gasteiger partial charge < -0.3 is 5.11 Å². The lowest BCUT2D eigenvalue weighted by atomic mass is 9.95. The third-order valence-electron chi connectivity index (χ3n) is 3.89. The summed E-state index contributed by atoms with van der Waals surface area (Å²) in [5.74, 6) is 0. The van der Waals surface area contributed by atoms with Crippen molar-refractivity contribution in [3.8, 4) is 0 Å². The standard InChI is InChI=1S/C16H21ClN2O/c1-9-6-11(3)13(7-10(9)2)15(20)8-14-16(17)12(4)18-19(14)5/h6-7,15,20H,8H2,1-5H3. The van der Waals surface area contributed by atoms with Gasteiger partial charge in [-0.2, -0.15) is 5.10 Å². The summed E-state index contributed by atoms with van der Waals surface area (Å²) < 4.78 is 1.75. The van der Waals surface area contributed by atoms with Crippen molar-refractivity contribution in [3.05, 3.63) is 50.8 Å². The van der Waals surface area contributed by atoms with Crippen LogP contribution in [0.25, 0.3) is 0 Å². The molecule has 0 aliphatic carbocycles. The zero-order valence-electron chi connectivity index (χ0n) is 12.7. The second-order valence-corrected chi connectivity index (χ2v) is 5.86. The van der Waals surface area contributed by atoms with Crippen molar-refractivity contribution in [2.24, 2.45) is 7.05 Å². The minimum Gasteiger partial charge on any atom is -0.388 e. The number of aliphatic hydroxyl groups is 1. The fourth-order valence-electron chi connectivity index (χ4n) is 2.54. The smallest absolute Gasteiger partial charge is 0.0848 e. The molecule has 1 heterocycles. The molecule has 1 atom stereocenters. The Kier molecular flexibility index (Phi) is 4.21. The molecule has 0 amide bonds. The Morgan fingerprint density at radius 3 is 2.30 bits per heavy atom. The second-order valence-electron chi connectivity index (χ2n) is 5.48. The van der Waals surface area contributed by atoms with Crippen molar-refractivity contribution >= 4 is 11.6 Å². The number of benzene rings is 1. The van der Waals surface area contributed by atoms with Crippen LogP contribution >= 0.6 is 11.6 Å². The van der Waals surface area contributed by atoms with Crippen LogP contribution in [0.2, 0.25) is 5.02 Å². The van der Waals surface area contributed by atoms with Gasteiger partial charge in [0.1, 0.15) is 0 Å². The molecule has 20 heavy (non-hydrogen) atoms. The number of aliphatic hydroxyl groups excluding tert-OH is 1. The van der Waals surface area contributed by atoms with Crippen LogP contribution in [0.1, 0.15) is 39.7 Å². The van der Waals surface area contributed by atoms with Crippen molar-refractivity contribution in [1.29, 1.82) is 0 Å². The van der Waals surface area contributed by atoms with Crippen LogP contribution in [0.15, 0.2) is 12.1 Å². The molecule has 0 bridgehead atoms. The lowest BCUT2D eigenvalue weighted by molar-refractivity contribution is 0.175. The SMILES string of the molecule is Cc1cc(C)c(C(O)Cc2c(Cl)c(C)nn2C)cc1C. The summed E-state index contributed by atoms with van der Waals surface area (Å²) in [7, 11) is 1.86. The third kappa shape index (κ3) is 2.74. The average molecular weight is 293 g/mol. The van der Waals surface area contributed by atoms with Gasteiger partial charge in [-0.25, -0.2) is 0 Å². The molecular weight excluding hydrogens is 272 g/mol. The molecule has 2 aromatic rings. The van der Waals surface area contributed by atoms with Gasteiger partial charge in [0.15, 0.2) is 0 Å². The largest absolute Gasteiger partial charge is 0.388 e. The van der Waals surface area contributed by atoms with Gasteiger partial charge in [-0.05, 0) is 49.9 Å². The molecule has 108 valence electrons. The first-order valence-corrected chi connectivity index (χ1v) is 7.12. The van der Waals surface area contributed by atoms with Crippen molar-refractivity contribution in [3.63, 3.8) is 0 Å². The summed E-state index contributed by atoms with van der Waals surface area (Å²) >= 11 is 6.25. The number of nitrogens with zero attached hydrogens (tertiary/aromatic N) is 2. The third-order valence-corrected chi connectivity index (χ3v) is 4.38.